The third kappa shape index (κ3) is 4.29. The van der Waals surface area contributed by atoms with Crippen molar-refractivity contribution in [2.45, 2.75) is 6.42 Å². The molecule has 0 bridgehead atoms. The Hall–Kier alpha value is -6.33. The number of rotatable bonds is 2. The molecule has 0 saturated carbocycles. The van der Waals surface area contributed by atoms with E-state index >= 15 is 0 Å². The van der Waals surface area contributed by atoms with E-state index in [1.165, 1.54) is 28.1 Å². The molecule has 7 aromatic carbocycles. The van der Waals surface area contributed by atoms with Gasteiger partial charge in [0.2, 0.25) is 0 Å². The van der Waals surface area contributed by atoms with Crippen LogP contribution in [0.5, 0.6) is 0 Å². The van der Waals surface area contributed by atoms with Crippen molar-refractivity contribution in [3.05, 3.63) is 140 Å². The molecule has 0 N–H and O–H groups in total. The summed E-state index contributed by atoms with van der Waals surface area (Å²) in [5.74, 6) is -0.584. The molecule has 3 aromatic heterocycles. The highest BCUT2D eigenvalue weighted by molar-refractivity contribution is 7.27. The van der Waals surface area contributed by atoms with Crippen LogP contribution >= 0.6 is 34.4 Å². The number of thiazole rings is 2. The Balaban J connectivity index is 0.937. The third-order valence-corrected chi connectivity index (χ3v) is 13.4. The Bertz CT molecular complexity index is 3420. The lowest BCUT2D eigenvalue weighted by atomic mass is 9.99. The predicted molar refractivity (Wildman–Crippen MR) is 219 cm³/mol. The van der Waals surface area contributed by atoms with Crippen LogP contribution < -0.4 is 0 Å². The molecule has 252 valence electrons. The first-order valence-corrected chi connectivity index (χ1v) is 19.6. The lowest BCUT2D eigenvalue weighted by Gasteiger charge is -2.05. The first-order chi connectivity index (χ1) is 26.4. The molecule has 0 radical (unpaired) electrons. The van der Waals surface area contributed by atoms with Crippen molar-refractivity contribution in [1.82, 2.24) is 18.7 Å². The molecular weight excluding hydrogens is 729 g/mol. The van der Waals surface area contributed by atoms with Gasteiger partial charge in [0, 0.05) is 28.7 Å². The molecule has 12 rings (SSSR count). The Morgan fingerprint density at radius 1 is 0.481 bits per heavy atom. The number of carbonyl (C=O) groups excluding carboxylic acids is 3. The number of benzene rings is 7. The number of aromatic nitrogens is 4. The molecule has 0 spiro atoms. The van der Waals surface area contributed by atoms with E-state index in [4.69, 9.17) is 9.97 Å². The Morgan fingerprint density at radius 2 is 0.944 bits per heavy atom. The fourth-order valence-electron chi connectivity index (χ4n) is 8.06. The van der Waals surface area contributed by atoms with Crippen molar-refractivity contribution in [3.63, 3.8) is 0 Å². The first-order valence-electron chi connectivity index (χ1n) is 17.3. The summed E-state index contributed by atoms with van der Waals surface area (Å²) < 4.78 is 10.9. The van der Waals surface area contributed by atoms with Crippen molar-refractivity contribution < 1.29 is 14.4 Å². The zero-order valence-electron chi connectivity index (χ0n) is 27.8. The normalized spacial score (nSPS) is 15.1. The third-order valence-electron chi connectivity index (χ3n) is 10.7. The summed E-state index contributed by atoms with van der Waals surface area (Å²) in [4.78, 5) is 51.1. The highest BCUT2D eigenvalue weighted by Gasteiger charge is 2.34. The van der Waals surface area contributed by atoms with E-state index in [9.17, 15) is 14.4 Å². The van der Waals surface area contributed by atoms with Crippen LogP contribution in [0.3, 0.4) is 0 Å². The fraction of sp³-hybridized carbons (Fsp3) is 0.0227. The van der Waals surface area contributed by atoms with Gasteiger partial charge in [-0.3, -0.25) is 14.4 Å². The second kappa shape index (κ2) is 10.9. The maximum Gasteiger partial charge on any atom is 0.197 e. The average molecular weight is 749 g/mol. The zero-order chi connectivity index (χ0) is 35.8. The average Bonchev–Trinajstić information content (AvgIpc) is 4.01. The van der Waals surface area contributed by atoms with Crippen molar-refractivity contribution in [3.8, 4) is 0 Å². The predicted octanol–water partition coefficient (Wildman–Crippen LogP) is 10.8. The van der Waals surface area contributed by atoms with Gasteiger partial charge in [0.05, 0.1) is 26.7 Å². The van der Waals surface area contributed by atoms with Crippen molar-refractivity contribution in [1.29, 1.82) is 0 Å². The van der Waals surface area contributed by atoms with E-state index in [2.05, 4.69) is 51.2 Å². The largest absolute Gasteiger partial charge is 0.289 e. The van der Waals surface area contributed by atoms with Crippen LogP contribution in [-0.4, -0.2) is 36.1 Å². The summed E-state index contributed by atoms with van der Waals surface area (Å²) in [7, 11) is 0. The van der Waals surface area contributed by atoms with Crippen molar-refractivity contribution >= 4 is 138 Å². The number of ketones is 3. The summed E-state index contributed by atoms with van der Waals surface area (Å²) in [6.45, 7) is 0. The monoisotopic (exact) mass is 748 g/mol. The maximum atomic E-state index is 13.8. The second-order valence-corrected chi connectivity index (χ2v) is 16.4. The number of hydrogen-bond acceptors (Lipinski definition) is 10. The van der Waals surface area contributed by atoms with Gasteiger partial charge in [-0.1, -0.05) is 54.6 Å². The van der Waals surface area contributed by atoms with E-state index in [-0.39, 0.29) is 22.9 Å². The summed E-state index contributed by atoms with van der Waals surface area (Å²) in [6.07, 6.45) is 4.04. The van der Waals surface area contributed by atoms with Crippen LogP contribution in [0, 0.1) is 0 Å². The molecule has 0 fully saturated rings. The topological polar surface area (TPSA) is 103 Å². The minimum atomic E-state index is -0.301. The SMILES string of the molecule is O=C1/C(=C/c2nc3c4nsnc4c4nc(C=C5C(=O)c6cc7cc8ccccc8cc7cc6C5=O)sc4c3s2)Cc2cc3cc4ccccc4cc3cc21. The van der Waals surface area contributed by atoms with Gasteiger partial charge in [-0.25, -0.2) is 9.97 Å². The summed E-state index contributed by atoms with van der Waals surface area (Å²) in [5.41, 5.74) is 6.00. The van der Waals surface area contributed by atoms with Crippen LogP contribution in [0.4, 0.5) is 0 Å². The Morgan fingerprint density at radius 3 is 1.46 bits per heavy atom. The molecule has 0 saturated heterocycles. The number of allylic oxidation sites excluding steroid dienone is 2. The number of carbonyl (C=O) groups is 3. The molecule has 0 unspecified atom stereocenters. The fourth-order valence-corrected chi connectivity index (χ4v) is 10.8. The van der Waals surface area contributed by atoms with Gasteiger partial charge in [-0.2, -0.15) is 8.75 Å². The van der Waals surface area contributed by atoms with E-state index in [0.717, 1.165) is 70.0 Å². The quantitative estimate of drug-likeness (QED) is 0.0985. The molecule has 2 aliphatic carbocycles. The van der Waals surface area contributed by atoms with Crippen LogP contribution in [0.1, 0.15) is 46.7 Å². The van der Waals surface area contributed by atoms with Gasteiger partial charge < -0.3 is 0 Å². The number of hydrogen-bond donors (Lipinski definition) is 0. The van der Waals surface area contributed by atoms with Crippen LogP contribution in [0.15, 0.2) is 108 Å². The van der Waals surface area contributed by atoms with Gasteiger partial charge in [-0.05, 0) is 103 Å². The summed E-state index contributed by atoms with van der Waals surface area (Å²) in [5, 5.41) is 9.68. The van der Waals surface area contributed by atoms with E-state index in [0.29, 0.717) is 55.2 Å². The molecule has 3 heterocycles. The number of fused-ring (bicyclic) bond motifs is 12. The Kier molecular flexibility index (Phi) is 6.07. The molecule has 0 amide bonds. The second-order valence-electron chi connectivity index (χ2n) is 13.8. The molecular formula is C44H20N4O3S3. The van der Waals surface area contributed by atoms with E-state index in [1.807, 2.05) is 60.7 Å². The highest BCUT2D eigenvalue weighted by atomic mass is 32.1. The standard InChI is InChI=1S/C44H20N4O3S3/c49-40-29(14-28-13-24-9-20-5-1-2-6-21(20)10-25(24)15-30(28)40)18-34-45-38-36-37(48-54-47-36)39-44(43(38)52-34)53-35(46-39)19-33-41(50)31-16-26-11-22-7-3-4-8-23(22)12-27(26)17-32(31)42(33)51/h1-13,15-19H,14H2/b29-18+. The molecule has 7 nitrogen and oxygen atoms in total. The number of nitrogens with zero attached hydrogens (tertiary/aromatic N) is 4. The number of Topliss-reactive ketones (excluding diaryl/α,β-unsaturated/α-hetero) is 3. The van der Waals surface area contributed by atoms with Crippen molar-refractivity contribution in [2.75, 3.05) is 0 Å². The van der Waals surface area contributed by atoms with Gasteiger partial charge in [0.25, 0.3) is 0 Å². The lowest BCUT2D eigenvalue weighted by Crippen LogP contribution is -2.00. The van der Waals surface area contributed by atoms with Crippen molar-refractivity contribution in [2.24, 2.45) is 0 Å². The summed E-state index contributed by atoms with van der Waals surface area (Å²) >= 11 is 3.96. The van der Waals surface area contributed by atoms with E-state index < -0.39 is 0 Å². The van der Waals surface area contributed by atoms with E-state index in [1.54, 1.807) is 6.08 Å². The van der Waals surface area contributed by atoms with Crippen LogP contribution in [0.25, 0.3) is 86.7 Å². The molecule has 10 aromatic rings. The molecule has 0 atom stereocenters. The molecule has 0 aliphatic heterocycles. The van der Waals surface area contributed by atoms with Gasteiger partial charge >= 0.3 is 0 Å². The van der Waals surface area contributed by atoms with Crippen LogP contribution in [-0.2, 0) is 6.42 Å². The van der Waals surface area contributed by atoms with Gasteiger partial charge in [0.1, 0.15) is 32.1 Å². The summed E-state index contributed by atoms with van der Waals surface area (Å²) in [6, 6.07) is 32.6. The van der Waals surface area contributed by atoms with Gasteiger partial charge in [-0.15, -0.1) is 22.7 Å². The minimum Gasteiger partial charge on any atom is -0.289 e. The Labute approximate surface area is 316 Å². The van der Waals surface area contributed by atoms with Gasteiger partial charge in [0.15, 0.2) is 17.3 Å². The first kappa shape index (κ1) is 30.2. The minimum absolute atomic E-state index is 0.0182. The smallest absolute Gasteiger partial charge is 0.197 e. The maximum absolute atomic E-state index is 13.8. The molecule has 2 aliphatic rings. The molecule has 54 heavy (non-hydrogen) atoms. The highest BCUT2D eigenvalue weighted by Crippen LogP contribution is 2.42. The lowest BCUT2D eigenvalue weighted by molar-refractivity contribution is 0.0988. The van der Waals surface area contributed by atoms with Crippen LogP contribution in [0.2, 0.25) is 0 Å². The zero-order valence-corrected chi connectivity index (χ0v) is 30.3. The molecule has 10 heteroatoms.